The van der Waals surface area contributed by atoms with E-state index in [4.69, 9.17) is 0 Å². The van der Waals surface area contributed by atoms with Gasteiger partial charge in [-0.05, 0) is 37.6 Å². The molecule has 0 bridgehead atoms. The zero-order valence-corrected chi connectivity index (χ0v) is 15.3. The normalized spacial score (nSPS) is 25.7. The lowest BCUT2D eigenvalue weighted by molar-refractivity contribution is 0.0939. The fourth-order valence-electron chi connectivity index (χ4n) is 2.65. The van der Waals surface area contributed by atoms with Gasteiger partial charge in [0.2, 0.25) is 0 Å². The van der Waals surface area contributed by atoms with Gasteiger partial charge in [0, 0.05) is 22.5 Å². The number of carbonyl (C=O) groups excluding carboxylic acids is 1. The van der Waals surface area contributed by atoms with Gasteiger partial charge in [-0.15, -0.1) is 0 Å². The molecule has 2 heterocycles. The Hall–Kier alpha value is -1.54. The number of hydrogen-bond donors (Lipinski definition) is 2. The molecule has 24 heavy (non-hydrogen) atoms. The van der Waals surface area contributed by atoms with Gasteiger partial charge < -0.3 is 10.6 Å². The van der Waals surface area contributed by atoms with Crippen molar-refractivity contribution in [2.24, 2.45) is 4.99 Å². The molecule has 3 atom stereocenters. The van der Waals surface area contributed by atoms with Crippen molar-refractivity contribution >= 4 is 38.4 Å². The van der Waals surface area contributed by atoms with E-state index in [0.29, 0.717) is 5.56 Å². The third-order valence-corrected chi connectivity index (χ3v) is 7.35. The number of fused-ring (bicyclic) bond motifs is 1. The number of rotatable bonds is 4. The molecule has 1 amide bonds. The third-order valence-electron chi connectivity index (χ3n) is 4.21. The molecule has 3 rings (SSSR count). The summed E-state index contributed by atoms with van der Waals surface area (Å²) in [6.45, 7) is 4.00. The Bertz CT molecular complexity index is 759. The number of sulfone groups is 1. The van der Waals surface area contributed by atoms with Crippen molar-refractivity contribution in [2.45, 2.75) is 37.6 Å². The molecular formula is C16H21N3O3S2. The summed E-state index contributed by atoms with van der Waals surface area (Å²) in [5.74, 6) is 0.263. The van der Waals surface area contributed by atoms with Gasteiger partial charge in [-0.3, -0.25) is 9.79 Å². The summed E-state index contributed by atoms with van der Waals surface area (Å²) < 4.78 is 23.1. The van der Waals surface area contributed by atoms with Crippen LogP contribution in [0.1, 0.15) is 30.6 Å². The molecule has 2 aliphatic heterocycles. The summed E-state index contributed by atoms with van der Waals surface area (Å²) in [5, 5.41) is 6.90. The van der Waals surface area contributed by atoms with E-state index in [1.807, 2.05) is 26.0 Å². The minimum atomic E-state index is -2.93. The quantitative estimate of drug-likeness (QED) is 0.849. The van der Waals surface area contributed by atoms with E-state index in [1.54, 1.807) is 12.1 Å². The van der Waals surface area contributed by atoms with E-state index in [1.165, 1.54) is 11.8 Å². The highest BCUT2D eigenvalue weighted by molar-refractivity contribution is 8.15. The average Bonchev–Trinajstić information content (AvgIpc) is 3.00. The number of carbonyl (C=O) groups is 1. The Morgan fingerprint density at radius 2 is 2.04 bits per heavy atom. The van der Waals surface area contributed by atoms with Crippen LogP contribution in [0.2, 0.25) is 0 Å². The van der Waals surface area contributed by atoms with Crippen LogP contribution in [0.5, 0.6) is 0 Å². The third kappa shape index (κ3) is 3.92. The van der Waals surface area contributed by atoms with Crippen LogP contribution < -0.4 is 10.6 Å². The molecule has 1 aromatic carbocycles. The maximum atomic E-state index is 12.0. The maximum absolute atomic E-state index is 12.0. The van der Waals surface area contributed by atoms with Gasteiger partial charge in [-0.25, -0.2) is 8.42 Å². The first-order valence-electron chi connectivity index (χ1n) is 7.99. The van der Waals surface area contributed by atoms with Gasteiger partial charge in [0.25, 0.3) is 5.91 Å². The number of hydrogen-bond acceptors (Lipinski definition) is 6. The zero-order valence-electron chi connectivity index (χ0n) is 13.7. The standard InChI is InChI=1S/C16H21N3O3S2/c1-3-10(2)17-15(20)11-4-6-12(7-5-11)18-16-19-13-8-24(21,22)9-14(13)23-16/h4-7,10,13-14H,3,8-9H2,1-2H3,(H,17,20)(H,18,19)/t10-,13-,14-/m0/s1. The SMILES string of the molecule is CC[C@H](C)NC(=O)c1ccc(NC2=N[C@H]3CS(=O)(=O)C[C@@H]3S2)cc1. The first kappa shape index (κ1) is 17.3. The Morgan fingerprint density at radius 3 is 2.67 bits per heavy atom. The van der Waals surface area contributed by atoms with Crippen molar-refractivity contribution in [1.29, 1.82) is 0 Å². The number of benzene rings is 1. The summed E-state index contributed by atoms with van der Waals surface area (Å²) >= 11 is 1.48. The second-order valence-corrected chi connectivity index (χ2v) is 9.60. The number of amides is 1. The van der Waals surface area contributed by atoms with Crippen molar-refractivity contribution in [3.8, 4) is 0 Å². The number of nitrogens with one attached hydrogen (secondary N) is 2. The molecular weight excluding hydrogens is 346 g/mol. The second-order valence-electron chi connectivity index (χ2n) is 6.22. The minimum Gasteiger partial charge on any atom is -0.350 e. The summed E-state index contributed by atoms with van der Waals surface area (Å²) in [6.07, 6.45) is 0.889. The molecule has 0 spiro atoms. The van der Waals surface area contributed by atoms with Gasteiger partial charge in [-0.1, -0.05) is 18.7 Å². The first-order chi connectivity index (χ1) is 11.4. The van der Waals surface area contributed by atoms with E-state index < -0.39 is 9.84 Å². The average molecular weight is 367 g/mol. The van der Waals surface area contributed by atoms with Crippen LogP contribution in [-0.4, -0.2) is 48.3 Å². The van der Waals surface area contributed by atoms with Crippen LogP contribution in [0.25, 0.3) is 0 Å². The fraction of sp³-hybridized carbons (Fsp3) is 0.500. The van der Waals surface area contributed by atoms with Gasteiger partial charge in [0.15, 0.2) is 15.0 Å². The smallest absolute Gasteiger partial charge is 0.251 e. The number of aliphatic imine (C=N–C) groups is 1. The topological polar surface area (TPSA) is 87.6 Å². The Balaban J connectivity index is 1.60. The number of amidine groups is 1. The predicted molar refractivity (Wildman–Crippen MR) is 98.5 cm³/mol. The van der Waals surface area contributed by atoms with E-state index >= 15 is 0 Å². The largest absolute Gasteiger partial charge is 0.350 e. The lowest BCUT2D eigenvalue weighted by atomic mass is 10.1. The predicted octanol–water partition coefficient (Wildman–Crippen LogP) is 1.90. The molecule has 1 aromatic rings. The summed E-state index contributed by atoms with van der Waals surface area (Å²) in [7, 11) is -2.93. The molecule has 2 N–H and O–H groups in total. The number of thioether (sulfide) groups is 1. The molecule has 0 unspecified atom stereocenters. The van der Waals surface area contributed by atoms with Gasteiger partial charge >= 0.3 is 0 Å². The molecule has 1 saturated heterocycles. The highest BCUT2D eigenvalue weighted by atomic mass is 32.2. The second kappa shape index (κ2) is 6.76. The van der Waals surface area contributed by atoms with Crippen LogP contribution in [0.4, 0.5) is 5.69 Å². The molecule has 8 heteroatoms. The first-order valence-corrected chi connectivity index (χ1v) is 10.7. The van der Waals surface area contributed by atoms with E-state index in [2.05, 4.69) is 15.6 Å². The highest BCUT2D eigenvalue weighted by Gasteiger charge is 2.42. The van der Waals surface area contributed by atoms with Crippen LogP contribution in [0.3, 0.4) is 0 Å². The molecule has 0 aromatic heterocycles. The van der Waals surface area contributed by atoms with Crippen LogP contribution in [-0.2, 0) is 9.84 Å². The van der Waals surface area contributed by atoms with Crippen molar-refractivity contribution in [3.05, 3.63) is 29.8 Å². The molecule has 130 valence electrons. The van der Waals surface area contributed by atoms with Gasteiger partial charge in [-0.2, -0.15) is 0 Å². The van der Waals surface area contributed by atoms with Gasteiger partial charge in [0.05, 0.1) is 17.5 Å². The molecule has 0 aliphatic carbocycles. The molecule has 0 radical (unpaired) electrons. The van der Waals surface area contributed by atoms with E-state index in [-0.39, 0.29) is 34.7 Å². The minimum absolute atomic E-state index is 0.0260. The van der Waals surface area contributed by atoms with Crippen LogP contribution >= 0.6 is 11.8 Å². The molecule has 1 fully saturated rings. The monoisotopic (exact) mass is 367 g/mol. The zero-order chi connectivity index (χ0) is 17.3. The lowest BCUT2D eigenvalue weighted by Crippen LogP contribution is -2.31. The Labute approximate surface area is 146 Å². The lowest BCUT2D eigenvalue weighted by Gasteiger charge is -2.12. The van der Waals surface area contributed by atoms with E-state index in [0.717, 1.165) is 17.3 Å². The fourth-order valence-corrected chi connectivity index (χ4v) is 6.33. The Morgan fingerprint density at radius 1 is 1.33 bits per heavy atom. The van der Waals surface area contributed by atoms with Crippen molar-refractivity contribution in [2.75, 3.05) is 16.8 Å². The summed E-state index contributed by atoms with van der Waals surface area (Å²) in [5.41, 5.74) is 1.45. The van der Waals surface area contributed by atoms with Gasteiger partial charge in [0.1, 0.15) is 0 Å². The Kier molecular flexibility index (Phi) is 4.87. The molecule has 0 saturated carbocycles. The van der Waals surface area contributed by atoms with Crippen molar-refractivity contribution in [3.63, 3.8) is 0 Å². The number of anilines is 1. The summed E-state index contributed by atoms with van der Waals surface area (Å²) in [4.78, 5) is 16.5. The van der Waals surface area contributed by atoms with Crippen LogP contribution in [0.15, 0.2) is 29.3 Å². The van der Waals surface area contributed by atoms with E-state index in [9.17, 15) is 13.2 Å². The number of nitrogens with zero attached hydrogens (tertiary/aromatic N) is 1. The van der Waals surface area contributed by atoms with Crippen LogP contribution in [0, 0.1) is 0 Å². The molecule has 6 nitrogen and oxygen atoms in total. The molecule has 2 aliphatic rings. The van der Waals surface area contributed by atoms with Crippen molar-refractivity contribution < 1.29 is 13.2 Å². The maximum Gasteiger partial charge on any atom is 0.251 e. The highest BCUT2D eigenvalue weighted by Crippen LogP contribution is 2.34. The summed E-state index contributed by atoms with van der Waals surface area (Å²) in [6, 6.07) is 7.22. The van der Waals surface area contributed by atoms with Crippen molar-refractivity contribution in [1.82, 2.24) is 5.32 Å².